The van der Waals surface area contributed by atoms with Gasteiger partial charge in [0.2, 0.25) is 0 Å². The molecule has 5 nitrogen and oxygen atoms in total. The van der Waals surface area contributed by atoms with Crippen LogP contribution in [0.4, 0.5) is 5.69 Å². The van der Waals surface area contributed by atoms with Crippen LogP contribution in [0.25, 0.3) is 6.08 Å². The molecule has 1 aliphatic carbocycles. The van der Waals surface area contributed by atoms with Crippen molar-refractivity contribution in [1.29, 1.82) is 0 Å². The summed E-state index contributed by atoms with van der Waals surface area (Å²) in [5.41, 5.74) is 0.0187. The van der Waals surface area contributed by atoms with Crippen LogP contribution in [0.2, 0.25) is 0 Å². The predicted molar refractivity (Wildman–Crippen MR) is 74.1 cm³/mol. The van der Waals surface area contributed by atoms with Crippen molar-refractivity contribution in [2.75, 3.05) is 0 Å². The molecule has 104 valence electrons. The van der Waals surface area contributed by atoms with Crippen LogP contribution in [-0.4, -0.2) is 16.5 Å². The summed E-state index contributed by atoms with van der Waals surface area (Å²) in [5, 5.41) is 10.7. The molecule has 0 aliphatic heterocycles. The highest BCUT2D eigenvalue weighted by molar-refractivity contribution is 6.26. The van der Waals surface area contributed by atoms with E-state index in [0.29, 0.717) is 18.4 Å². The Labute approximate surface area is 116 Å². The van der Waals surface area contributed by atoms with E-state index in [-0.39, 0.29) is 22.8 Å². The average molecular weight is 273 g/mol. The molecule has 0 spiro atoms. The normalized spacial score (nSPS) is 20.2. The van der Waals surface area contributed by atoms with Gasteiger partial charge in [0.05, 0.1) is 10.5 Å². The third-order valence-corrected chi connectivity index (χ3v) is 3.53. The van der Waals surface area contributed by atoms with Gasteiger partial charge in [-0.05, 0) is 18.1 Å². The topological polar surface area (TPSA) is 77.3 Å². The molecule has 5 heteroatoms. The first-order chi connectivity index (χ1) is 9.31. The molecule has 1 aromatic carbocycles. The molecular formula is C15H15NO4. The largest absolute Gasteiger partial charge is 0.294 e. The molecule has 0 bridgehead atoms. The monoisotopic (exact) mass is 273 g/mol. The molecule has 0 unspecified atom stereocenters. The number of non-ortho nitro benzene ring substituents is 1. The number of rotatable bonds is 2. The van der Waals surface area contributed by atoms with Crippen LogP contribution in [0, 0.1) is 15.5 Å². The lowest BCUT2D eigenvalue weighted by molar-refractivity contribution is -0.384. The number of benzene rings is 1. The van der Waals surface area contributed by atoms with E-state index in [2.05, 4.69) is 0 Å². The number of Topliss-reactive ketones (excluding diaryl/α,β-unsaturated/α-hetero) is 2. The second-order valence-corrected chi connectivity index (χ2v) is 5.55. The van der Waals surface area contributed by atoms with Gasteiger partial charge in [-0.3, -0.25) is 19.7 Å². The number of nitrogens with zero attached hydrogens (tertiary/aromatic N) is 1. The van der Waals surface area contributed by atoms with E-state index >= 15 is 0 Å². The molecule has 20 heavy (non-hydrogen) atoms. The van der Waals surface area contributed by atoms with Crippen molar-refractivity contribution in [3.8, 4) is 0 Å². The van der Waals surface area contributed by atoms with Crippen LogP contribution in [-0.2, 0) is 9.59 Å². The number of nitro groups is 1. The summed E-state index contributed by atoms with van der Waals surface area (Å²) < 4.78 is 0. The molecule has 2 rings (SSSR count). The Morgan fingerprint density at radius 2 is 2.00 bits per heavy atom. The molecule has 1 fully saturated rings. The minimum Gasteiger partial charge on any atom is -0.294 e. The van der Waals surface area contributed by atoms with E-state index in [1.807, 2.05) is 13.8 Å². The van der Waals surface area contributed by atoms with Crippen LogP contribution < -0.4 is 0 Å². The maximum atomic E-state index is 12.3. The van der Waals surface area contributed by atoms with Crippen molar-refractivity contribution in [2.24, 2.45) is 5.41 Å². The van der Waals surface area contributed by atoms with E-state index < -0.39 is 10.3 Å². The third-order valence-electron chi connectivity index (χ3n) is 3.53. The van der Waals surface area contributed by atoms with Crippen LogP contribution >= 0.6 is 0 Å². The van der Waals surface area contributed by atoms with E-state index in [4.69, 9.17) is 0 Å². The molecule has 0 amide bonds. The van der Waals surface area contributed by atoms with Crippen LogP contribution in [0.15, 0.2) is 29.8 Å². The highest BCUT2D eigenvalue weighted by atomic mass is 16.6. The summed E-state index contributed by atoms with van der Waals surface area (Å²) in [6, 6.07) is 5.90. The Bertz CT molecular complexity index is 629. The van der Waals surface area contributed by atoms with Crippen molar-refractivity contribution in [3.63, 3.8) is 0 Å². The minimum atomic E-state index is -0.555. The molecule has 1 aliphatic rings. The lowest BCUT2D eigenvalue weighted by atomic mass is 9.73. The summed E-state index contributed by atoms with van der Waals surface area (Å²) in [6.45, 7) is 3.62. The van der Waals surface area contributed by atoms with Gasteiger partial charge in [-0.2, -0.15) is 0 Å². The van der Waals surface area contributed by atoms with Gasteiger partial charge in [0, 0.05) is 24.0 Å². The van der Waals surface area contributed by atoms with E-state index in [1.165, 1.54) is 24.3 Å². The van der Waals surface area contributed by atoms with E-state index in [9.17, 15) is 19.7 Å². The van der Waals surface area contributed by atoms with Crippen LogP contribution in [0.3, 0.4) is 0 Å². The van der Waals surface area contributed by atoms with Gasteiger partial charge in [0.1, 0.15) is 0 Å². The quantitative estimate of drug-likeness (QED) is 0.359. The Hall–Kier alpha value is -2.30. The molecule has 1 aromatic rings. The molecule has 1 saturated carbocycles. The van der Waals surface area contributed by atoms with Gasteiger partial charge < -0.3 is 0 Å². The number of ketones is 2. The summed E-state index contributed by atoms with van der Waals surface area (Å²) in [4.78, 5) is 34.4. The fourth-order valence-corrected chi connectivity index (χ4v) is 2.21. The van der Waals surface area contributed by atoms with Crippen molar-refractivity contribution >= 4 is 23.3 Å². The molecule has 0 atom stereocenters. The average Bonchev–Trinajstić information content (AvgIpc) is 2.40. The summed E-state index contributed by atoms with van der Waals surface area (Å²) in [7, 11) is 0. The van der Waals surface area contributed by atoms with Gasteiger partial charge in [0.25, 0.3) is 5.69 Å². The lowest BCUT2D eigenvalue weighted by Gasteiger charge is -2.28. The van der Waals surface area contributed by atoms with Crippen molar-refractivity contribution in [3.05, 3.63) is 45.5 Å². The Morgan fingerprint density at radius 3 is 2.65 bits per heavy atom. The first-order valence-electron chi connectivity index (χ1n) is 6.35. The second kappa shape index (κ2) is 5.00. The van der Waals surface area contributed by atoms with Crippen LogP contribution in [0.1, 0.15) is 32.3 Å². The number of hydrogen-bond donors (Lipinski definition) is 0. The Balaban J connectivity index is 2.43. The number of allylic oxidation sites excluding steroid dienone is 1. The fraction of sp³-hybridized carbons (Fsp3) is 0.333. The first kappa shape index (κ1) is 14.1. The Morgan fingerprint density at radius 1 is 1.30 bits per heavy atom. The summed E-state index contributed by atoms with van der Waals surface area (Å²) >= 11 is 0. The molecule has 0 aromatic heterocycles. The molecule has 0 saturated heterocycles. The van der Waals surface area contributed by atoms with Crippen molar-refractivity contribution in [1.82, 2.24) is 0 Å². The van der Waals surface area contributed by atoms with Crippen molar-refractivity contribution in [2.45, 2.75) is 26.7 Å². The first-order valence-corrected chi connectivity index (χ1v) is 6.35. The third kappa shape index (κ3) is 2.66. The smallest absolute Gasteiger partial charge is 0.270 e. The zero-order valence-corrected chi connectivity index (χ0v) is 11.4. The minimum absolute atomic E-state index is 0.0608. The zero-order valence-electron chi connectivity index (χ0n) is 11.4. The lowest BCUT2D eigenvalue weighted by Crippen LogP contribution is -2.34. The van der Waals surface area contributed by atoms with Crippen LogP contribution in [0.5, 0.6) is 0 Å². The number of carbonyl (C=O) groups excluding carboxylic acids is 2. The molecule has 0 N–H and O–H groups in total. The SMILES string of the molecule is CC1(C)CCC(=O)/C(=C/c2cccc([N+](=O)[O-])c2)C1=O. The maximum absolute atomic E-state index is 12.3. The summed E-state index contributed by atoms with van der Waals surface area (Å²) in [6.07, 6.45) is 2.33. The van der Waals surface area contributed by atoms with Gasteiger partial charge in [-0.1, -0.05) is 26.0 Å². The molecular weight excluding hydrogens is 258 g/mol. The molecule has 0 radical (unpaired) electrons. The second-order valence-electron chi connectivity index (χ2n) is 5.55. The van der Waals surface area contributed by atoms with E-state index in [0.717, 1.165) is 0 Å². The number of hydrogen-bond acceptors (Lipinski definition) is 4. The fourth-order valence-electron chi connectivity index (χ4n) is 2.21. The van der Waals surface area contributed by atoms with Gasteiger partial charge in [0.15, 0.2) is 11.6 Å². The Kier molecular flexibility index (Phi) is 3.53. The van der Waals surface area contributed by atoms with E-state index in [1.54, 1.807) is 6.07 Å². The van der Waals surface area contributed by atoms with Gasteiger partial charge in [-0.25, -0.2) is 0 Å². The maximum Gasteiger partial charge on any atom is 0.270 e. The summed E-state index contributed by atoms with van der Waals surface area (Å²) in [5.74, 6) is -0.388. The predicted octanol–water partition coefficient (Wildman–Crippen LogP) is 2.94. The zero-order chi connectivity index (χ0) is 14.9. The standard InChI is InChI=1S/C15H15NO4/c1-15(2)7-6-13(17)12(14(15)18)9-10-4-3-5-11(8-10)16(19)20/h3-5,8-9H,6-7H2,1-2H3/b12-9-. The van der Waals surface area contributed by atoms with Crippen molar-refractivity contribution < 1.29 is 14.5 Å². The van der Waals surface area contributed by atoms with Gasteiger partial charge >= 0.3 is 0 Å². The molecule has 0 heterocycles. The highest BCUT2D eigenvalue weighted by Gasteiger charge is 2.37. The number of nitro benzene ring substituents is 1. The number of carbonyl (C=O) groups is 2. The highest BCUT2D eigenvalue weighted by Crippen LogP contribution is 2.34. The van der Waals surface area contributed by atoms with Gasteiger partial charge in [-0.15, -0.1) is 0 Å².